The van der Waals surface area contributed by atoms with E-state index in [1.54, 1.807) is 0 Å². The molecule has 0 amide bonds. The van der Waals surface area contributed by atoms with Crippen LogP contribution in [0.2, 0.25) is 0 Å². The molecule has 0 aliphatic carbocycles. The number of pyridine rings is 1. The summed E-state index contributed by atoms with van der Waals surface area (Å²) in [7, 11) is 0. The number of aliphatic hydroxyl groups excluding tert-OH is 1. The first-order valence-corrected chi connectivity index (χ1v) is 7.32. The SMILES string of the molecule is OC1/C(=C/c2ccc3ccccc3n2)N2CCC1CC2. The molecule has 0 saturated carbocycles. The lowest BCUT2D eigenvalue weighted by Gasteiger charge is -2.45. The summed E-state index contributed by atoms with van der Waals surface area (Å²) in [5, 5.41) is 11.5. The number of aliphatic hydroxyl groups is 1. The van der Waals surface area contributed by atoms with Crippen molar-refractivity contribution in [3.05, 3.63) is 47.8 Å². The van der Waals surface area contributed by atoms with Crippen LogP contribution < -0.4 is 0 Å². The van der Waals surface area contributed by atoms with Crippen LogP contribution in [0, 0.1) is 5.92 Å². The number of rotatable bonds is 1. The maximum Gasteiger partial charge on any atom is 0.0966 e. The zero-order chi connectivity index (χ0) is 13.5. The third kappa shape index (κ3) is 1.90. The van der Waals surface area contributed by atoms with E-state index in [0.29, 0.717) is 5.92 Å². The highest BCUT2D eigenvalue weighted by Crippen LogP contribution is 2.35. The second-order valence-electron chi connectivity index (χ2n) is 5.77. The molecule has 1 aromatic carbocycles. The molecule has 4 heterocycles. The highest BCUT2D eigenvalue weighted by atomic mass is 16.3. The fourth-order valence-corrected chi connectivity index (χ4v) is 3.39. The Balaban J connectivity index is 1.74. The van der Waals surface area contributed by atoms with Crippen molar-refractivity contribution in [2.75, 3.05) is 13.1 Å². The lowest BCUT2D eigenvalue weighted by Crippen LogP contribution is -2.48. The van der Waals surface area contributed by atoms with E-state index in [9.17, 15) is 5.11 Å². The van der Waals surface area contributed by atoms with Crippen molar-refractivity contribution in [2.24, 2.45) is 5.92 Å². The third-order valence-electron chi connectivity index (χ3n) is 4.57. The van der Waals surface area contributed by atoms with Gasteiger partial charge in [0.15, 0.2) is 0 Å². The van der Waals surface area contributed by atoms with Crippen molar-refractivity contribution in [1.82, 2.24) is 9.88 Å². The Morgan fingerprint density at radius 2 is 1.90 bits per heavy atom. The van der Waals surface area contributed by atoms with Crippen molar-refractivity contribution in [1.29, 1.82) is 0 Å². The molecule has 3 fully saturated rings. The number of fused-ring (bicyclic) bond motifs is 4. The Hall–Kier alpha value is -1.87. The van der Waals surface area contributed by atoms with Crippen molar-refractivity contribution in [3.8, 4) is 0 Å². The highest BCUT2D eigenvalue weighted by Gasteiger charge is 2.36. The molecule has 20 heavy (non-hydrogen) atoms. The molecule has 3 heteroatoms. The van der Waals surface area contributed by atoms with Crippen LogP contribution in [0.15, 0.2) is 42.1 Å². The summed E-state index contributed by atoms with van der Waals surface area (Å²) in [5.41, 5.74) is 2.99. The van der Waals surface area contributed by atoms with E-state index in [-0.39, 0.29) is 6.10 Å². The summed E-state index contributed by atoms with van der Waals surface area (Å²) in [6.45, 7) is 2.14. The Morgan fingerprint density at radius 3 is 2.70 bits per heavy atom. The summed E-state index contributed by atoms with van der Waals surface area (Å²) in [6, 6.07) is 12.3. The quantitative estimate of drug-likeness (QED) is 0.862. The van der Waals surface area contributed by atoms with Crippen LogP contribution in [-0.4, -0.2) is 34.2 Å². The minimum atomic E-state index is -0.314. The first-order chi connectivity index (χ1) is 9.81. The second kappa shape index (κ2) is 4.60. The summed E-state index contributed by atoms with van der Waals surface area (Å²) < 4.78 is 0. The van der Waals surface area contributed by atoms with Gasteiger partial charge in [-0.1, -0.05) is 24.3 Å². The van der Waals surface area contributed by atoms with Crippen LogP contribution in [-0.2, 0) is 0 Å². The normalized spacial score (nSPS) is 27.4. The zero-order valence-electron chi connectivity index (χ0n) is 11.4. The van der Waals surface area contributed by atoms with Crippen molar-refractivity contribution in [3.63, 3.8) is 0 Å². The number of piperidine rings is 3. The number of benzene rings is 1. The van der Waals surface area contributed by atoms with E-state index in [4.69, 9.17) is 0 Å². The maximum absolute atomic E-state index is 10.4. The Morgan fingerprint density at radius 1 is 1.10 bits per heavy atom. The number of hydrogen-bond acceptors (Lipinski definition) is 3. The van der Waals surface area contributed by atoms with Crippen molar-refractivity contribution in [2.45, 2.75) is 18.9 Å². The summed E-state index contributed by atoms with van der Waals surface area (Å²) >= 11 is 0. The van der Waals surface area contributed by atoms with Gasteiger partial charge < -0.3 is 10.0 Å². The first kappa shape index (κ1) is 11.9. The maximum atomic E-state index is 10.4. The van der Waals surface area contributed by atoms with Crippen LogP contribution in [0.4, 0.5) is 0 Å². The smallest absolute Gasteiger partial charge is 0.0966 e. The fourth-order valence-electron chi connectivity index (χ4n) is 3.39. The van der Waals surface area contributed by atoms with Crippen LogP contribution in [0.1, 0.15) is 18.5 Å². The molecule has 102 valence electrons. The minimum absolute atomic E-state index is 0.314. The Kier molecular flexibility index (Phi) is 2.74. The average molecular weight is 266 g/mol. The molecular weight excluding hydrogens is 248 g/mol. The Labute approximate surface area is 118 Å². The predicted molar refractivity (Wildman–Crippen MR) is 80.0 cm³/mol. The molecule has 1 aromatic heterocycles. The van der Waals surface area contributed by atoms with Gasteiger partial charge in [-0.25, -0.2) is 4.98 Å². The lowest BCUT2D eigenvalue weighted by molar-refractivity contribution is 0.0215. The van der Waals surface area contributed by atoms with Crippen LogP contribution >= 0.6 is 0 Å². The summed E-state index contributed by atoms with van der Waals surface area (Å²) in [4.78, 5) is 6.98. The number of hydrogen-bond donors (Lipinski definition) is 1. The van der Waals surface area contributed by atoms with E-state index >= 15 is 0 Å². The van der Waals surface area contributed by atoms with E-state index < -0.39 is 0 Å². The molecule has 1 N–H and O–H groups in total. The largest absolute Gasteiger partial charge is 0.387 e. The van der Waals surface area contributed by atoms with Gasteiger partial charge >= 0.3 is 0 Å². The standard InChI is InChI=1S/C17H18N2O/c20-17-13-7-9-19(10-8-13)16(17)11-14-6-5-12-3-1-2-4-15(12)18-14/h1-6,11,13,17,20H,7-10H2/b16-11-. The van der Waals surface area contributed by atoms with Gasteiger partial charge in [0.25, 0.3) is 0 Å². The number of aromatic nitrogens is 1. The topological polar surface area (TPSA) is 36.4 Å². The molecule has 5 rings (SSSR count). The van der Waals surface area contributed by atoms with Gasteiger partial charge in [-0.3, -0.25) is 0 Å². The van der Waals surface area contributed by atoms with E-state index in [2.05, 4.69) is 28.1 Å². The number of para-hydroxylation sites is 1. The molecule has 3 saturated heterocycles. The third-order valence-corrected chi connectivity index (χ3v) is 4.57. The summed E-state index contributed by atoms with van der Waals surface area (Å²) in [6.07, 6.45) is 3.97. The monoisotopic (exact) mass is 266 g/mol. The molecule has 3 aliphatic rings. The van der Waals surface area contributed by atoms with Crippen LogP contribution in [0.3, 0.4) is 0 Å². The highest BCUT2D eigenvalue weighted by molar-refractivity contribution is 5.79. The average Bonchev–Trinajstić information content (AvgIpc) is 2.51. The predicted octanol–water partition coefficient (Wildman–Crippen LogP) is 2.66. The number of nitrogens with zero attached hydrogens (tertiary/aromatic N) is 2. The van der Waals surface area contributed by atoms with Crippen molar-refractivity contribution >= 4 is 17.0 Å². The lowest BCUT2D eigenvalue weighted by atomic mass is 9.83. The van der Waals surface area contributed by atoms with E-state index in [1.165, 1.54) is 0 Å². The Bertz CT molecular complexity index is 667. The molecule has 2 bridgehead atoms. The molecule has 3 nitrogen and oxygen atoms in total. The van der Waals surface area contributed by atoms with Crippen LogP contribution in [0.25, 0.3) is 17.0 Å². The van der Waals surface area contributed by atoms with Gasteiger partial charge in [0.05, 0.1) is 17.3 Å². The minimum Gasteiger partial charge on any atom is -0.387 e. The molecule has 1 atom stereocenters. The molecule has 2 aromatic rings. The molecule has 3 aliphatic heterocycles. The van der Waals surface area contributed by atoms with Gasteiger partial charge in [-0.15, -0.1) is 0 Å². The van der Waals surface area contributed by atoms with E-state index in [0.717, 1.165) is 48.2 Å². The summed E-state index contributed by atoms with van der Waals surface area (Å²) in [5.74, 6) is 0.437. The van der Waals surface area contributed by atoms with Crippen molar-refractivity contribution < 1.29 is 5.11 Å². The van der Waals surface area contributed by atoms with Gasteiger partial charge in [0.1, 0.15) is 0 Å². The van der Waals surface area contributed by atoms with Gasteiger partial charge in [0, 0.05) is 24.2 Å². The van der Waals surface area contributed by atoms with E-state index in [1.807, 2.05) is 24.3 Å². The van der Waals surface area contributed by atoms with Gasteiger partial charge in [-0.2, -0.15) is 0 Å². The zero-order valence-corrected chi connectivity index (χ0v) is 11.4. The molecule has 0 spiro atoms. The molecular formula is C17H18N2O. The second-order valence-corrected chi connectivity index (χ2v) is 5.77. The fraction of sp³-hybridized carbons (Fsp3) is 0.353. The first-order valence-electron chi connectivity index (χ1n) is 7.32. The van der Waals surface area contributed by atoms with Gasteiger partial charge in [0.2, 0.25) is 0 Å². The van der Waals surface area contributed by atoms with Crippen LogP contribution in [0.5, 0.6) is 0 Å². The molecule has 0 radical (unpaired) electrons. The van der Waals surface area contributed by atoms with Gasteiger partial charge in [-0.05, 0) is 37.0 Å². The molecule has 1 unspecified atom stereocenters.